The molecular weight excluding hydrogens is 316 g/mol. The predicted octanol–water partition coefficient (Wildman–Crippen LogP) is 3.13. The van der Waals surface area contributed by atoms with Crippen LogP contribution in [0.15, 0.2) is 24.3 Å². The first kappa shape index (κ1) is 16.3. The van der Waals surface area contributed by atoms with Crippen LogP contribution >= 0.6 is 0 Å². The molecule has 2 heterocycles. The molecule has 25 heavy (non-hydrogen) atoms. The molecule has 0 unspecified atom stereocenters. The van der Waals surface area contributed by atoms with Crippen LogP contribution in [0.4, 0.5) is 5.69 Å². The molecule has 1 saturated carbocycles. The Labute approximate surface area is 148 Å². The molecule has 132 valence electrons. The number of carbonyl (C=O) groups excluding carboxylic acids is 3. The van der Waals surface area contributed by atoms with E-state index in [9.17, 15) is 14.4 Å². The van der Waals surface area contributed by atoms with Gasteiger partial charge in [0.1, 0.15) is 0 Å². The molecule has 5 heteroatoms. The first-order valence-corrected chi connectivity index (χ1v) is 9.42. The number of benzene rings is 1. The molecule has 3 amide bonds. The summed E-state index contributed by atoms with van der Waals surface area (Å²) in [6.07, 6.45) is 7.73. The second kappa shape index (κ2) is 6.62. The number of anilines is 1. The summed E-state index contributed by atoms with van der Waals surface area (Å²) in [6.45, 7) is 0.838. The summed E-state index contributed by atoms with van der Waals surface area (Å²) >= 11 is 0. The van der Waals surface area contributed by atoms with Gasteiger partial charge in [0.2, 0.25) is 11.8 Å². The number of piperidine rings is 1. The van der Waals surface area contributed by atoms with E-state index in [2.05, 4.69) is 4.90 Å². The van der Waals surface area contributed by atoms with Crippen molar-refractivity contribution in [3.8, 4) is 0 Å². The van der Waals surface area contributed by atoms with Gasteiger partial charge < -0.3 is 4.90 Å². The van der Waals surface area contributed by atoms with Crippen molar-refractivity contribution in [1.82, 2.24) is 4.90 Å². The molecule has 0 spiro atoms. The lowest BCUT2D eigenvalue weighted by Gasteiger charge is -2.44. The van der Waals surface area contributed by atoms with Crippen LogP contribution in [0.3, 0.4) is 0 Å². The number of likely N-dealkylation sites (tertiary alicyclic amines) is 1. The SMILES string of the molecule is O=C1CCC(=O)N1c1ccc(C(=O)N2CCC[C@H]3CCCC[C@@H]32)cc1. The molecular formula is C20H24N2O3. The Hall–Kier alpha value is -2.17. The fraction of sp³-hybridized carbons (Fsp3) is 0.550. The van der Waals surface area contributed by atoms with Crippen molar-refractivity contribution >= 4 is 23.4 Å². The number of fused-ring (bicyclic) bond motifs is 1. The van der Waals surface area contributed by atoms with Gasteiger partial charge >= 0.3 is 0 Å². The molecule has 1 aromatic rings. The third-order valence-corrected chi connectivity index (χ3v) is 5.93. The second-order valence-corrected chi connectivity index (χ2v) is 7.42. The van der Waals surface area contributed by atoms with Gasteiger partial charge in [0.15, 0.2) is 0 Å². The quantitative estimate of drug-likeness (QED) is 0.777. The van der Waals surface area contributed by atoms with Crippen LogP contribution in [-0.4, -0.2) is 35.2 Å². The lowest BCUT2D eigenvalue weighted by molar-refractivity contribution is -0.121. The van der Waals surface area contributed by atoms with Gasteiger partial charge in [0.25, 0.3) is 5.91 Å². The molecule has 2 atom stereocenters. The van der Waals surface area contributed by atoms with Crippen molar-refractivity contribution < 1.29 is 14.4 Å². The van der Waals surface area contributed by atoms with Gasteiger partial charge in [-0.15, -0.1) is 0 Å². The summed E-state index contributed by atoms with van der Waals surface area (Å²) < 4.78 is 0. The smallest absolute Gasteiger partial charge is 0.254 e. The third-order valence-electron chi connectivity index (χ3n) is 5.93. The molecule has 5 nitrogen and oxygen atoms in total. The van der Waals surface area contributed by atoms with E-state index >= 15 is 0 Å². The molecule has 0 aromatic heterocycles. The maximum absolute atomic E-state index is 13.0. The van der Waals surface area contributed by atoms with Crippen molar-refractivity contribution in [2.24, 2.45) is 5.92 Å². The summed E-state index contributed by atoms with van der Waals surface area (Å²) in [7, 11) is 0. The van der Waals surface area contributed by atoms with Crippen LogP contribution in [0.1, 0.15) is 61.7 Å². The van der Waals surface area contributed by atoms with E-state index in [1.54, 1.807) is 24.3 Å². The molecule has 3 fully saturated rings. The lowest BCUT2D eigenvalue weighted by atomic mass is 9.78. The minimum absolute atomic E-state index is 0.0854. The highest BCUT2D eigenvalue weighted by Gasteiger charge is 2.36. The van der Waals surface area contributed by atoms with Gasteiger partial charge in [0.05, 0.1) is 5.69 Å². The zero-order valence-electron chi connectivity index (χ0n) is 14.4. The highest BCUT2D eigenvalue weighted by molar-refractivity contribution is 6.19. The number of carbonyl (C=O) groups is 3. The van der Waals surface area contributed by atoms with Crippen LogP contribution in [0, 0.1) is 5.92 Å². The van der Waals surface area contributed by atoms with Gasteiger partial charge in [-0.25, -0.2) is 0 Å². The Morgan fingerprint density at radius 3 is 2.24 bits per heavy atom. The van der Waals surface area contributed by atoms with E-state index in [1.165, 1.54) is 30.6 Å². The first-order valence-electron chi connectivity index (χ1n) is 9.42. The van der Waals surface area contributed by atoms with Crippen LogP contribution < -0.4 is 4.90 Å². The largest absolute Gasteiger partial charge is 0.335 e. The molecule has 3 aliphatic rings. The zero-order chi connectivity index (χ0) is 17.4. The Kier molecular flexibility index (Phi) is 4.32. The van der Waals surface area contributed by atoms with E-state index < -0.39 is 0 Å². The molecule has 2 aliphatic heterocycles. The molecule has 0 N–H and O–H groups in total. The van der Waals surface area contributed by atoms with Gasteiger partial charge in [-0.2, -0.15) is 0 Å². The zero-order valence-corrected chi connectivity index (χ0v) is 14.4. The molecule has 0 bridgehead atoms. The summed E-state index contributed by atoms with van der Waals surface area (Å²) in [5, 5.41) is 0. The maximum Gasteiger partial charge on any atom is 0.254 e. The number of amides is 3. The molecule has 4 rings (SSSR count). The highest BCUT2D eigenvalue weighted by atomic mass is 16.2. The van der Waals surface area contributed by atoms with Crippen LogP contribution in [-0.2, 0) is 9.59 Å². The molecule has 0 radical (unpaired) electrons. The number of nitrogens with zero attached hydrogens (tertiary/aromatic N) is 2. The Morgan fingerprint density at radius 1 is 0.880 bits per heavy atom. The van der Waals surface area contributed by atoms with E-state index in [0.717, 1.165) is 19.4 Å². The summed E-state index contributed by atoms with van der Waals surface area (Å²) in [4.78, 5) is 40.0. The first-order chi connectivity index (χ1) is 12.1. The monoisotopic (exact) mass is 340 g/mol. The van der Waals surface area contributed by atoms with E-state index in [1.807, 2.05) is 0 Å². The van der Waals surface area contributed by atoms with Crippen molar-refractivity contribution in [3.63, 3.8) is 0 Å². The highest BCUT2D eigenvalue weighted by Crippen LogP contribution is 2.36. The van der Waals surface area contributed by atoms with Crippen molar-refractivity contribution in [2.45, 2.75) is 57.4 Å². The fourth-order valence-corrected chi connectivity index (χ4v) is 4.66. The summed E-state index contributed by atoms with van der Waals surface area (Å²) in [6, 6.07) is 7.33. The van der Waals surface area contributed by atoms with Crippen LogP contribution in [0.5, 0.6) is 0 Å². The molecule has 2 saturated heterocycles. The van der Waals surface area contributed by atoms with E-state index in [4.69, 9.17) is 0 Å². The number of hydrogen-bond acceptors (Lipinski definition) is 3. The van der Waals surface area contributed by atoms with Gasteiger partial charge in [-0.1, -0.05) is 12.8 Å². The maximum atomic E-state index is 13.0. The number of hydrogen-bond donors (Lipinski definition) is 0. The predicted molar refractivity (Wildman–Crippen MR) is 94.2 cm³/mol. The van der Waals surface area contributed by atoms with Crippen LogP contribution in [0.25, 0.3) is 0 Å². The van der Waals surface area contributed by atoms with Gasteiger partial charge in [-0.05, 0) is 55.9 Å². The van der Waals surface area contributed by atoms with Crippen molar-refractivity contribution in [1.29, 1.82) is 0 Å². The van der Waals surface area contributed by atoms with E-state index in [-0.39, 0.29) is 30.6 Å². The summed E-state index contributed by atoms with van der Waals surface area (Å²) in [5.74, 6) is 0.420. The minimum Gasteiger partial charge on any atom is -0.335 e. The number of rotatable bonds is 2. The average Bonchev–Trinajstić information content (AvgIpc) is 2.99. The van der Waals surface area contributed by atoms with Crippen molar-refractivity contribution in [3.05, 3.63) is 29.8 Å². The molecule has 1 aliphatic carbocycles. The van der Waals surface area contributed by atoms with Gasteiger partial charge in [-0.3, -0.25) is 19.3 Å². The second-order valence-electron chi connectivity index (χ2n) is 7.42. The normalized spacial score (nSPS) is 26.7. The third kappa shape index (κ3) is 2.96. The number of imide groups is 1. The average molecular weight is 340 g/mol. The lowest BCUT2D eigenvalue weighted by Crippen LogP contribution is -2.49. The Bertz CT molecular complexity index is 679. The van der Waals surface area contributed by atoms with E-state index in [0.29, 0.717) is 23.2 Å². The van der Waals surface area contributed by atoms with Crippen molar-refractivity contribution in [2.75, 3.05) is 11.4 Å². The topological polar surface area (TPSA) is 57.7 Å². The van der Waals surface area contributed by atoms with Gasteiger partial charge in [0, 0.05) is 31.0 Å². The van der Waals surface area contributed by atoms with Crippen LogP contribution in [0.2, 0.25) is 0 Å². The standard InChI is InChI=1S/C20H24N2O3/c23-18-11-12-19(24)22(18)16-9-7-15(8-10-16)20(25)21-13-3-5-14-4-1-2-6-17(14)21/h7-10,14,17H,1-6,11-13H2/t14-,17+/m1/s1. The fourth-order valence-electron chi connectivity index (χ4n) is 4.66. The molecule has 1 aromatic carbocycles. The minimum atomic E-state index is -0.162. The Balaban J connectivity index is 1.52. The summed E-state index contributed by atoms with van der Waals surface area (Å²) in [5.41, 5.74) is 1.22. The Morgan fingerprint density at radius 2 is 1.52 bits per heavy atom.